The fourth-order valence-electron chi connectivity index (χ4n) is 2.20. The molecule has 10 nitrogen and oxygen atoms in total. The van der Waals surface area contributed by atoms with Gasteiger partial charge < -0.3 is 29.8 Å². The third kappa shape index (κ3) is 10.1. The summed E-state index contributed by atoms with van der Waals surface area (Å²) in [5.41, 5.74) is -1.90. The van der Waals surface area contributed by atoms with Crippen molar-refractivity contribution in [3.63, 3.8) is 0 Å². The number of H-pyrrole nitrogens is 1. The van der Waals surface area contributed by atoms with Crippen LogP contribution in [-0.2, 0) is 10.9 Å². The summed E-state index contributed by atoms with van der Waals surface area (Å²) in [7, 11) is 0. The van der Waals surface area contributed by atoms with Crippen molar-refractivity contribution in [1.29, 1.82) is 0 Å². The van der Waals surface area contributed by atoms with Crippen LogP contribution in [-0.4, -0.2) is 68.0 Å². The number of aliphatic hydroxyl groups excluding tert-OH is 2. The van der Waals surface area contributed by atoms with Crippen molar-refractivity contribution >= 4 is 5.97 Å². The topological polar surface area (TPSA) is 155 Å². The first kappa shape index (κ1) is 27.6. The number of carboxylic acids is 1. The molecule has 2 aromatic heterocycles. The molecule has 0 saturated carbocycles. The second-order valence-corrected chi connectivity index (χ2v) is 6.40. The number of hydrogen-bond donors (Lipinski definition) is 4. The zero-order chi connectivity index (χ0) is 25.0. The molecule has 0 aliphatic carbocycles. The van der Waals surface area contributed by atoms with Gasteiger partial charge in [0.2, 0.25) is 11.4 Å². The maximum absolute atomic E-state index is 11.8. The van der Waals surface area contributed by atoms with E-state index in [2.05, 4.69) is 16.1 Å². The third-order valence-corrected chi connectivity index (χ3v) is 3.91. The van der Waals surface area contributed by atoms with Crippen LogP contribution < -0.4 is 10.3 Å². The molecular formula is C20H22F3N3O7. The number of nitrogens with one attached hydrogen (secondary N) is 1. The molecule has 33 heavy (non-hydrogen) atoms. The predicted molar refractivity (Wildman–Crippen MR) is 107 cm³/mol. The summed E-state index contributed by atoms with van der Waals surface area (Å²) in [6, 6.07) is 5.58. The summed E-state index contributed by atoms with van der Waals surface area (Å²) >= 11 is 0. The molecule has 2 aromatic rings. The number of carboxylic acid groups (broad SMARTS) is 1. The molecule has 0 radical (unpaired) electrons. The maximum atomic E-state index is 11.8. The Bertz CT molecular complexity index is 964. The number of ether oxygens (including phenoxy) is 2. The molecule has 180 valence electrons. The van der Waals surface area contributed by atoms with Crippen LogP contribution in [0.4, 0.5) is 13.2 Å². The molecule has 0 amide bonds. The molecular weight excluding hydrogens is 451 g/mol. The summed E-state index contributed by atoms with van der Waals surface area (Å²) in [6.45, 7) is 2.40. The predicted octanol–water partition coefficient (Wildman–Crippen LogP) is 1.10. The zero-order valence-electron chi connectivity index (χ0n) is 17.3. The third-order valence-electron chi connectivity index (χ3n) is 3.91. The van der Waals surface area contributed by atoms with Crippen molar-refractivity contribution in [3.8, 4) is 18.2 Å². The highest BCUT2D eigenvalue weighted by molar-refractivity contribution is 5.84. The number of hydrogen-bond acceptors (Lipinski definition) is 8. The number of rotatable bonds is 3. The maximum Gasteiger partial charge on any atom is 0.431 e. The van der Waals surface area contributed by atoms with Gasteiger partial charge in [0.1, 0.15) is 11.8 Å². The summed E-state index contributed by atoms with van der Waals surface area (Å²) in [4.78, 5) is 22.4. The molecule has 1 aliphatic heterocycles. The van der Waals surface area contributed by atoms with Gasteiger partial charge in [-0.2, -0.15) is 13.2 Å². The number of alkyl halides is 3. The van der Waals surface area contributed by atoms with E-state index < -0.39 is 35.6 Å². The van der Waals surface area contributed by atoms with Crippen LogP contribution in [0.3, 0.4) is 0 Å². The highest BCUT2D eigenvalue weighted by Gasteiger charge is 2.31. The number of nitrogens with zero attached hydrogens (tertiary/aromatic N) is 2. The average Bonchev–Trinajstić information content (AvgIpc) is 2.76. The van der Waals surface area contributed by atoms with E-state index in [0.717, 1.165) is 18.2 Å². The van der Waals surface area contributed by atoms with Gasteiger partial charge in [-0.3, -0.25) is 4.79 Å². The summed E-state index contributed by atoms with van der Waals surface area (Å²) in [5, 5.41) is 33.4. The molecule has 0 spiro atoms. The Morgan fingerprint density at radius 1 is 1.30 bits per heavy atom. The van der Waals surface area contributed by atoms with E-state index in [0.29, 0.717) is 13.0 Å². The number of aromatic amines is 1. The molecule has 3 heterocycles. The minimum absolute atomic E-state index is 0.0844. The highest BCUT2D eigenvalue weighted by Crippen LogP contribution is 2.25. The van der Waals surface area contributed by atoms with Gasteiger partial charge in [0.25, 0.3) is 0 Å². The van der Waals surface area contributed by atoms with E-state index in [1.165, 1.54) is 12.1 Å². The van der Waals surface area contributed by atoms with Crippen LogP contribution in [0.5, 0.6) is 5.88 Å². The molecule has 13 heteroatoms. The molecule has 1 aliphatic rings. The quantitative estimate of drug-likeness (QED) is 0.480. The highest BCUT2D eigenvalue weighted by atomic mass is 19.4. The standard InChI is InChI=1S/C8H6N2O3.C6H4F3NO.C6H12O3/c1-2-5-13-7-4-3-6(8(11)12)9-10-7;7-6(8,9)4-2-1-3-5(11)10-4;1-4-6(8)5(7)2-3-9-4/h1,3-4H,5H2,(H,11,12);1-3H,(H,10,11);4-8H,2-3H2,1H3. The molecule has 0 aromatic carbocycles. The Labute approximate surface area is 186 Å². The number of halogens is 3. The SMILES string of the molecule is C#CCOc1ccc(C(=O)O)nn1.CC1OCCC(O)C1O.O=c1cccc(C(F)(F)F)[nH]1. The Morgan fingerprint density at radius 2 is 2.00 bits per heavy atom. The fraction of sp³-hybridized carbons (Fsp3) is 0.400. The van der Waals surface area contributed by atoms with Crippen molar-refractivity contribution < 1.29 is 42.8 Å². The lowest BCUT2D eigenvalue weighted by molar-refractivity contribution is -0.141. The Balaban J connectivity index is 0.000000252. The smallest absolute Gasteiger partial charge is 0.431 e. The molecule has 1 fully saturated rings. The second kappa shape index (κ2) is 13.2. The number of aliphatic hydroxyl groups is 2. The van der Waals surface area contributed by atoms with E-state index >= 15 is 0 Å². The van der Waals surface area contributed by atoms with Crippen molar-refractivity contribution in [2.45, 2.75) is 37.8 Å². The van der Waals surface area contributed by atoms with Crippen LogP contribution in [0.1, 0.15) is 29.5 Å². The number of terminal acetylenes is 1. The van der Waals surface area contributed by atoms with E-state index in [-0.39, 0.29) is 24.3 Å². The monoisotopic (exact) mass is 473 g/mol. The van der Waals surface area contributed by atoms with Gasteiger partial charge in [-0.25, -0.2) is 4.79 Å². The first-order valence-corrected chi connectivity index (χ1v) is 9.33. The van der Waals surface area contributed by atoms with Crippen LogP contribution >= 0.6 is 0 Å². The second-order valence-electron chi connectivity index (χ2n) is 6.40. The van der Waals surface area contributed by atoms with Gasteiger partial charge in [-0.05, 0) is 25.5 Å². The zero-order valence-corrected chi connectivity index (χ0v) is 17.3. The summed E-state index contributed by atoms with van der Waals surface area (Å²) < 4.78 is 45.3. The lowest BCUT2D eigenvalue weighted by atomic mass is 10.0. The van der Waals surface area contributed by atoms with Crippen molar-refractivity contribution in [1.82, 2.24) is 15.2 Å². The van der Waals surface area contributed by atoms with E-state index in [1.54, 1.807) is 11.9 Å². The van der Waals surface area contributed by atoms with Gasteiger partial charge in [0.05, 0.1) is 12.2 Å². The first-order chi connectivity index (χ1) is 15.5. The molecule has 3 rings (SSSR count). The Morgan fingerprint density at radius 3 is 2.42 bits per heavy atom. The average molecular weight is 473 g/mol. The number of pyridine rings is 1. The minimum atomic E-state index is -4.47. The number of aromatic carboxylic acids is 1. The lowest BCUT2D eigenvalue weighted by Crippen LogP contribution is -2.42. The normalized spacial score (nSPS) is 19.6. The van der Waals surface area contributed by atoms with Crippen LogP contribution in [0, 0.1) is 12.3 Å². The van der Waals surface area contributed by atoms with E-state index in [4.69, 9.17) is 31.2 Å². The molecule has 1 saturated heterocycles. The minimum Gasteiger partial charge on any atom is -0.476 e. The van der Waals surface area contributed by atoms with Gasteiger partial charge >= 0.3 is 12.1 Å². The molecule has 3 atom stereocenters. The molecule has 4 N–H and O–H groups in total. The number of carbonyl (C=O) groups is 1. The van der Waals surface area contributed by atoms with Crippen LogP contribution in [0.15, 0.2) is 35.1 Å². The Kier molecular flexibility index (Phi) is 11.0. The first-order valence-electron chi connectivity index (χ1n) is 9.33. The molecule has 0 bridgehead atoms. The van der Waals surface area contributed by atoms with Crippen molar-refractivity contribution in [3.05, 3.63) is 52.1 Å². The van der Waals surface area contributed by atoms with Gasteiger partial charge in [-0.1, -0.05) is 12.0 Å². The number of aromatic nitrogens is 3. The van der Waals surface area contributed by atoms with Crippen molar-refractivity contribution in [2.75, 3.05) is 13.2 Å². The van der Waals surface area contributed by atoms with Gasteiger partial charge in [0, 0.05) is 18.7 Å². The van der Waals surface area contributed by atoms with Crippen LogP contribution in [0.2, 0.25) is 0 Å². The summed E-state index contributed by atoms with van der Waals surface area (Å²) in [6.07, 6.45) is -0.486. The largest absolute Gasteiger partial charge is 0.476 e. The van der Waals surface area contributed by atoms with E-state index in [9.17, 15) is 22.8 Å². The van der Waals surface area contributed by atoms with E-state index in [1.807, 2.05) is 0 Å². The fourth-order valence-corrected chi connectivity index (χ4v) is 2.20. The van der Waals surface area contributed by atoms with Gasteiger partial charge in [0.15, 0.2) is 12.3 Å². The van der Waals surface area contributed by atoms with Gasteiger partial charge in [-0.15, -0.1) is 16.6 Å². The van der Waals surface area contributed by atoms with Crippen LogP contribution in [0.25, 0.3) is 0 Å². The molecule has 3 unspecified atom stereocenters. The summed E-state index contributed by atoms with van der Waals surface area (Å²) in [5.74, 6) is 1.33. The lowest BCUT2D eigenvalue weighted by Gasteiger charge is -2.29. The van der Waals surface area contributed by atoms with Crippen molar-refractivity contribution in [2.24, 2.45) is 0 Å². The Hall–Kier alpha value is -3.47.